The van der Waals surface area contributed by atoms with Crippen molar-refractivity contribution < 1.29 is 10.6 Å². The van der Waals surface area contributed by atoms with Crippen LogP contribution in [0.25, 0.3) is 10.9 Å². The molecular weight excluding hydrogens is 270 g/mol. The quantitative estimate of drug-likeness (QED) is 0.768. The number of nitrogens with two attached hydrogens (primary N) is 2. The summed E-state index contributed by atoms with van der Waals surface area (Å²) in [6, 6.07) is 9.36. The van der Waals surface area contributed by atoms with Crippen LogP contribution in [0.4, 0.5) is 0 Å². The van der Waals surface area contributed by atoms with Gasteiger partial charge in [-0.3, -0.25) is 0 Å². The zero-order valence-corrected chi connectivity index (χ0v) is 14.4. The third kappa shape index (κ3) is 3.53. The highest BCUT2D eigenvalue weighted by atomic mass is 15.1. The molecule has 0 amide bonds. The van der Waals surface area contributed by atoms with E-state index >= 15 is 0 Å². The number of benzene rings is 1. The van der Waals surface area contributed by atoms with Crippen LogP contribution < -0.4 is 10.6 Å². The third-order valence-corrected chi connectivity index (χ3v) is 4.95. The lowest BCUT2D eigenvalue weighted by Gasteiger charge is -2.41. The van der Waals surface area contributed by atoms with Crippen molar-refractivity contribution in [2.75, 3.05) is 6.54 Å². The number of quaternary nitrogens is 2. The van der Waals surface area contributed by atoms with E-state index < -0.39 is 0 Å². The first kappa shape index (κ1) is 15.6. The second-order valence-corrected chi connectivity index (χ2v) is 8.42. The van der Waals surface area contributed by atoms with Crippen molar-refractivity contribution in [2.45, 2.75) is 64.1 Å². The van der Waals surface area contributed by atoms with Crippen LogP contribution in [0, 0.1) is 0 Å². The van der Waals surface area contributed by atoms with Gasteiger partial charge in [-0.15, -0.1) is 0 Å². The van der Waals surface area contributed by atoms with E-state index in [-0.39, 0.29) is 0 Å². The number of piperidine rings is 1. The summed E-state index contributed by atoms with van der Waals surface area (Å²) >= 11 is 0. The Hall–Kier alpha value is -1.32. The Labute approximate surface area is 133 Å². The Kier molecular flexibility index (Phi) is 4.04. The predicted molar refractivity (Wildman–Crippen MR) is 91.9 cm³/mol. The summed E-state index contributed by atoms with van der Waals surface area (Å²) in [7, 11) is 0. The number of fused-ring (bicyclic) bond motifs is 1. The number of hydrogen-bond acceptors (Lipinski definition) is 0. The van der Waals surface area contributed by atoms with Gasteiger partial charge in [-0.2, -0.15) is 0 Å². The van der Waals surface area contributed by atoms with Crippen LogP contribution in [0.1, 0.15) is 46.1 Å². The van der Waals surface area contributed by atoms with Crippen molar-refractivity contribution in [3.8, 4) is 0 Å². The second-order valence-electron chi connectivity index (χ2n) is 8.42. The van der Waals surface area contributed by atoms with Crippen LogP contribution in [0.15, 0.2) is 30.5 Å². The molecule has 0 aliphatic carbocycles. The van der Waals surface area contributed by atoms with Gasteiger partial charge < -0.3 is 15.6 Å². The van der Waals surface area contributed by atoms with Gasteiger partial charge in [0.2, 0.25) is 0 Å². The first-order valence-corrected chi connectivity index (χ1v) is 8.60. The zero-order chi connectivity index (χ0) is 15.8. The maximum Gasteiger partial charge on any atom is 0.0979 e. The molecule has 0 bridgehead atoms. The summed E-state index contributed by atoms with van der Waals surface area (Å²) in [5, 5.41) is 6.52. The number of nitrogens with one attached hydrogen (secondary N) is 1. The monoisotopic (exact) mass is 301 g/mol. The highest BCUT2D eigenvalue weighted by Gasteiger charge is 2.43. The topological polar surface area (TPSA) is 49.0 Å². The van der Waals surface area contributed by atoms with E-state index in [1.165, 1.54) is 35.9 Å². The van der Waals surface area contributed by atoms with Crippen LogP contribution in [0.3, 0.4) is 0 Å². The van der Waals surface area contributed by atoms with E-state index in [9.17, 15) is 0 Å². The number of para-hydroxylation sites is 1. The number of hydrogen-bond donors (Lipinski definition) is 3. The molecule has 120 valence electrons. The average Bonchev–Trinajstić information content (AvgIpc) is 2.79. The molecule has 1 aliphatic heterocycles. The predicted octanol–water partition coefficient (Wildman–Crippen LogP) is 1.56. The van der Waals surface area contributed by atoms with Gasteiger partial charge in [0.15, 0.2) is 0 Å². The van der Waals surface area contributed by atoms with Crippen molar-refractivity contribution in [2.24, 2.45) is 0 Å². The fraction of sp³-hybridized carbons (Fsp3) is 0.579. The van der Waals surface area contributed by atoms with Gasteiger partial charge >= 0.3 is 0 Å². The molecule has 0 spiro atoms. The van der Waals surface area contributed by atoms with E-state index in [1.54, 1.807) is 0 Å². The Morgan fingerprint density at radius 1 is 1.14 bits per heavy atom. The molecule has 3 nitrogen and oxygen atoms in total. The molecule has 3 rings (SSSR count). The lowest BCUT2D eigenvalue weighted by Crippen LogP contribution is -3.09. The minimum atomic E-state index is 0.365. The summed E-state index contributed by atoms with van der Waals surface area (Å²) in [6.45, 7) is 10.7. The van der Waals surface area contributed by atoms with Crippen LogP contribution in [-0.2, 0) is 6.42 Å². The second kappa shape index (κ2) is 5.71. The third-order valence-electron chi connectivity index (χ3n) is 4.95. The molecule has 2 heterocycles. The molecule has 1 aliphatic rings. The molecule has 5 N–H and O–H groups in total. The number of H-pyrrole nitrogens is 1. The van der Waals surface area contributed by atoms with Gasteiger partial charge in [0.1, 0.15) is 0 Å². The molecule has 0 atom stereocenters. The standard InChI is InChI=1S/C19H29N3/c1-18(2)11-15(12-19(3,4)22-18)20-10-9-14-13-21-17-8-6-5-7-16(14)17/h5-8,13,15,20-22H,9-12H2,1-4H3/p+2. The van der Waals surface area contributed by atoms with Crippen LogP contribution in [-0.4, -0.2) is 28.6 Å². The Morgan fingerprint density at radius 2 is 1.82 bits per heavy atom. The smallest absolute Gasteiger partial charge is 0.0979 e. The summed E-state index contributed by atoms with van der Waals surface area (Å²) in [5.41, 5.74) is 3.44. The summed E-state index contributed by atoms with van der Waals surface area (Å²) in [6.07, 6.45) is 5.92. The van der Waals surface area contributed by atoms with Gasteiger partial charge in [0.05, 0.1) is 36.5 Å². The first-order chi connectivity index (χ1) is 10.3. The lowest BCUT2D eigenvalue weighted by molar-refractivity contribution is -0.813. The van der Waals surface area contributed by atoms with E-state index in [1.807, 2.05) is 0 Å². The first-order valence-electron chi connectivity index (χ1n) is 8.60. The van der Waals surface area contributed by atoms with E-state index in [0.717, 1.165) is 12.5 Å². The van der Waals surface area contributed by atoms with Gasteiger partial charge in [-0.05, 0) is 39.3 Å². The molecule has 0 saturated carbocycles. The van der Waals surface area contributed by atoms with Gasteiger partial charge in [0.25, 0.3) is 0 Å². The Morgan fingerprint density at radius 3 is 2.55 bits per heavy atom. The molecule has 1 aromatic carbocycles. The van der Waals surface area contributed by atoms with Crippen molar-refractivity contribution >= 4 is 10.9 Å². The molecule has 3 heteroatoms. The van der Waals surface area contributed by atoms with Gasteiger partial charge in [0, 0.05) is 23.5 Å². The largest absolute Gasteiger partial charge is 0.361 e. The number of aromatic nitrogens is 1. The summed E-state index contributed by atoms with van der Waals surface area (Å²) < 4.78 is 0. The fourth-order valence-electron chi connectivity index (χ4n) is 4.58. The molecule has 1 aromatic heterocycles. The molecule has 1 fully saturated rings. The maximum atomic E-state index is 3.38. The molecule has 0 unspecified atom stereocenters. The van der Waals surface area contributed by atoms with E-state index in [4.69, 9.17) is 0 Å². The summed E-state index contributed by atoms with van der Waals surface area (Å²) in [5.74, 6) is 0. The maximum absolute atomic E-state index is 3.38. The minimum absolute atomic E-state index is 0.365. The number of rotatable bonds is 4. The molecule has 2 aromatic rings. The molecule has 22 heavy (non-hydrogen) atoms. The highest BCUT2D eigenvalue weighted by Crippen LogP contribution is 2.20. The van der Waals surface area contributed by atoms with E-state index in [2.05, 4.69) is 73.8 Å². The van der Waals surface area contributed by atoms with Crippen molar-refractivity contribution in [1.82, 2.24) is 4.98 Å². The normalized spacial score (nSPS) is 21.3. The van der Waals surface area contributed by atoms with E-state index in [0.29, 0.717) is 11.1 Å². The van der Waals surface area contributed by atoms with Gasteiger partial charge in [-0.1, -0.05) is 18.2 Å². The lowest BCUT2D eigenvalue weighted by atomic mass is 9.79. The average molecular weight is 301 g/mol. The molecule has 1 saturated heterocycles. The zero-order valence-electron chi connectivity index (χ0n) is 14.4. The molecular formula is C19H31N3+2. The highest BCUT2D eigenvalue weighted by molar-refractivity contribution is 5.82. The van der Waals surface area contributed by atoms with Crippen molar-refractivity contribution in [1.29, 1.82) is 0 Å². The van der Waals surface area contributed by atoms with Gasteiger partial charge in [-0.25, -0.2) is 0 Å². The fourth-order valence-corrected chi connectivity index (χ4v) is 4.58. The van der Waals surface area contributed by atoms with Crippen LogP contribution >= 0.6 is 0 Å². The SMILES string of the molecule is CC1(C)CC([NH2+]CCc2c[nH]c3ccccc23)CC(C)(C)[NH2+]1. The minimum Gasteiger partial charge on any atom is -0.361 e. The van der Waals surface area contributed by atoms with Crippen molar-refractivity contribution in [3.05, 3.63) is 36.0 Å². The van der Waals surface area contributed by atoms with Crippen molar-refractivity contribution in [3.63, 3.8) is 0 Å². The van der Waals surface area contributed by atoms with Crippen LogP contribution in [0.2, 0.25) is 0 Å². The summed E-state index contributed by atoms with van der Waals surface area (Å²) in [4.78, 5) is 3.38. The molecule has 0 radical (unpaired) electrons. The van der Waals surface area contributed by atoms with Crippen LogP contribution in [0.5, 0.6) is 0 Å². The number of aromatic amines is 1. The Balaban J connectivity index is 1.59. The Bertz CT molecular complexity index is 623.